The van der Waals surface area contributed by atoms with Gasteiger partial charge in [-0.3, -0.25) is 4.79 Å². The summed E-state index contributed by atoms with van der Waals surface area (Å²) in [5.41, 5.74) is 0.747. The molecule has 1 saturated heterocycles. The molecule has 1 unspecified atom stereocenters. The highest BCUT2D eigenvalue weighted by Gasteiger charge is 2.30. The summed E-state index contributed by atoms with van der Waals surface area (Å²) in [6.45, 7) is 1.95. The van der Waals surface area contributed by atoms with Gasteiger partial charge in [0.05, 0.1) is 0 Å². The molecule has 1 aliphatic rings. The van der Waals surface area contributed by atoms with Crippen molar-refractivity contribution in [1.29, 1.82) is 0 Å². The zero-order valence-corrected chi connectivity index (χ0v) is 16.9. The third-order valence-electron chi connectivity index (χ3n) is 4.62. The van der Waals surface area contributed by atoms with E-state index in [0.717, 1.165) is 6.42 Å². The second kappa shape index (κ2) is 9.99. The summed E-state index contributed by atoms with van der Waals surface area (Å²) < 4.78 is 14.3. The number of amides is 1. The monoisotopic (exact) mass is 423 g/mol. The molecule has 1 aromatic carbocycles. The highest BCUT2D eigenvalue weighted by molar-refractivity contribution is 8.01. The molecule has 2 heterocycles. The first-order valence-corrected chi connectivity index (χ1v) is 11.0. The van der Waals surface area contributed by atoms with Crippen LogP contribution in [0.2, 0.25) is 0 Å². The molecule has 9 heteroatoms. The maximum atomic E-state index is 13.6. The molecule has 28 heavy (non-hydrogen) atoms. The van der Waals surface area contributed by atoms with Crippen LogP contribution in [0.15, 0.2) is 34.0 Å². The van der Waals surface area contributed by atoms with E-state index in [1.54, 1.807) is 12.1 Å². The van der Waals surface area contributed by atoms with Crippen molar-refractivity contribution in [2.24, 2.45) is 0 Å². The quantitative estimate of drug-likeness (QED) is 0.452. The molecule has 1 amide bonds. The van der Waals surface area contributed by atoms with Crippen molar-refractivity contribution in [3.8, 4) is 0 Å². The molecule has 0 saturated carbocycles. The summed E-state index contributed by atoms with van der Waals surface area (Å²) >= 11 is 2.77. The Labute approximate surface area is 171 Å². The number of benzene rings is 1. The first kappa shape index (κ1) is 20.8. The second-order valence-electron chi connectivity index (χ2n) is 6.48. The SMILES string of the molecule is O=C(O)c1csc(SCCN2C(=O)CCC2CNCCc2ccccc2F)n1. The van der Waals surface area contributed by atoms with Crippen molar-refractivity contribution >= 4 is 35.0 Å². The van der Waals surface area contributed by atoms with Gasteiger partial charge in [-0.05, 0) is 31.0 Å². The largest absolute Gasteiger partial charge is 0.476 e. The van der Waals surface area contributed by atoms with Gasteiger partial charge in [-0.1, -0.05) is 30.0 Å². The molecule has 1 aliphatic heterocycles. The summed E-state index contributed by atoms with van der Waals surface area (Å²) in [4.78, 5) is 29.0. The van der Waals surface area contributed by atoms with Gasteiger partial charge in [-0.2, -0.15) is 0 Å². The molecule has 1 atom stereocenters. The van der Waals surface area contributed by atoms with Crippen LogP contribution in [-0.4, -0.2) is 58.3 Å². The third-order valence-corrected chi connectivity index (χ3v) is 6.62. The normalized spacial score (nSPS) is 16.7. The van der Waals surface area contributed by atoms with Crippen molar-refractivity contribution in [3.05, 3.63) is 46.7 Å². The zero-order chi connectivity index (χ0) is 19.9. The van der Waals surface area contributed by atoms with E-state index >= 15 is 0 Å². The summed E-state index contributed by atoms with van der Waals surface area (Å²) in [7, 11) is 0. The predicted octanol–water partition coefficient (Wildman–Crippen LogP) is 2.90. The topological polar surface area (TPSA) is 82.5 Å². The number of thiazole rings is 1. The van der Waals surface area contributed by atoms with E-state index in [0.29, 0.717) is 48.1 Å². The molecule has 6 nitrogen and oxygen atoms in total. The lowest BCUT2D eigenvalue weighted by atomic mass is 10.1. The number of carbonyl (C=O) groups excluding carboxylic acids is 1. The second-order valence-corrected chi connectivity index (χ2v) is 8.68. The van der Waals surface area contributed by atoms with Crippen LogP contribution in [0.4, 0.5) is 4.39 Å². The maximum Gasteiger partial charge on any atom is 0.355 e. The molecule has 0 bridgehead atoms. The molecule has 150 valence electrons. The minimum absolute atomic E-state index is 0.0571. The number of carboxylic acids is 1. The van der Waals surface area contributed by atoms with Gasteiger partial charge < -0.3 is 15.3 Å². The Kier molecular flexibility index (Phi) is 7.41. The highest BCUT2D eigenvalue weighted by atomic mass is 32.2. The first-order valence-electron chi connectivity index (χ1n) is 9.10. The lowest BCUT2D eigenvalue weighted by Gasteiger charge is -2.25. The Morgan fingerprint density at radius 3 is 3.00 bits per heavy atom. The average Bonchev–Trinajstić information content (AvgIpc) is 3.28. The molecule has 2 aromatic rings. The average molecular weight is 424 g/mol. The van der Waals surface area contributed by atoms with Crippen LogP contribution < -0.4 is 5.32 Å². The lowest BCUT2D eigenvalue weighted by molar-refractivity contribution is -0.128. The van der Waals surface area contributed by atoms with Gasteiger partial charge in [-0.25, -0.2) is 14.2 Å². The molecule has 1 aromatic heterocycles. The highest BCUT2D eigenvalue weighted by Crippen LogP contribution is 2.24. The number of likely N-dealkylation sites (tertiary alicyclic amines) is 1. The van der Waals surface area contributed by atoms with Crippen molar-refractivity contribution in [3.63, 3.8) is 0 Å². The van der Waals surface area contributed by atoms with Crippen LogP contribution in [0.25, 0.3) is 0 Å². The number of carboxylic acid groups (broad SMARTS) is 1. The van der Waals surface area contributed by atoms with Gasteiger partial charge in [-0.15, -0.1) is 11.3 Å². The van der Waals surface area contributed by atoms with E-state index in [1.165, 1.54) is 34.5 Å². The van der Waals surface area contributed by atoms with Crippen LogP contribution in [0.3, 0.4) is 0 Å². The summed E-state index contributed by atoms with van der Waals surface area (Å²) in [5.74, 6) is -0.400. The van der Waals surface area contributed by atoms with Gasteiger partial charge in [0, 0.05) is 36.7 Å². The van der Waals surface area contributed by atoms with Crippen molar-refractivity contribution in [2.75, 3.05) is 25.4 Å². The van der Waals surface area contributed by atoms with E-state index in [1.807, 2.05) is 11.0 Å². The van der Waals surface area contributed by atoms with E-state index in [-0.39, 0.29) is 23.5 Å². The number of halogens is 1. The number of aromatic carboxylic acids is 1. The van der Waals surface area contributed by atoms with Crippen LogP contribution in [-0.2, 0) is 11.2 Å². The fourth-order valence-electron chi connectivity index (χ4n) is 3.16. The Balaban J connectivity index is 1.41. The Hall–Kier alpha value is -1.97. The van der Waals surface area contributed by atoms with E-state index in [4.69, 9.17) is 5.11 Å². The minimum atomic E-state index is -1.03. The summed E-state index contributed by atoms with van der Waals surface area (Å²) in [6.07, 6.45) is 1.97. The van der Waals surface area contributed by atoms with E-state index in [9.17, 15) is 14.0 Å². The summed E-state index contributed by atoms with van der Waals surface area (Å²) in [6, 6.07) is 6.90. The minimum Gasteiger partial charge on any atom is -0.476 e. The standard InChI is InChI=1S/C19H22FN3O3S2/c20-15-4-2-1-3-13(15)7-8-21-11-14-5-6-17(24)23(14)9-10-27-19-22-16(12-28-19)18(25)26/h1-4,12,14,21H,5-11H2,(H,25,26). The van der Waals surface area contributed by atoms with Gasteiger partial charge in [0.1, 0.15) is 5.82 Å². The fourth-order valence-corrected chi connectivity index (χ4v) is 4.97. The lowest BCUT2D eigenvalue weighted by Crippen LogP contribution is -2.41. The molecule has 0 radical (unpaired) electrons. The van der Waals surface area contributed by atoms with Crippen molar-refractivity contribution in [1.82, 2.24) is 15.2 Å². The smallest absolute Gasteiger partial charge is 0.355 e. The predicted molar refractivity (Wildman–Crippen MR) is 108 cm³/mol. The molecule has 0 spiro atoms. The van der Waals surface area contributed by atoms with Gasteiger partial charge >= 0.3 is 5.97 Å². The van der Waals surface area contributed by atoms with E-state index in [2.05, 4.69) is 10.3 Å². The van der Waals surface area contributed by atoms with Crippen LogP contribution >= 0.6 is 23.1 Å². The molecular formula is C19H22FN3O3S2. The Bertz CT molecular complexity index is 830. The maximum absolute atomic E-state index is 13.6. The number of thioether (sulfide) groups is 1. The number of carbonyl (C=O) groups is 2. The van der Waals surface area contributed by atoms with Crippen LogP contribution in [0.5, 0.6) is 0 Å². The van der Waals surface area contributed by atoms with Crippen molar-refractivity contribution < 1.29 is 19.1 Å². The van der Waals surface area contributed by atoms with Gasteiger partial charge in [0.2, 0.25) is 5.91 Å². The molecule has 1 fully saturated rings. The number of nitrogens with one attached hydrogen (secondary N) is 1. The summed E-state index contributed by atoms with van der Waals surface area (Å²) in [5, 5.41) is 13.8. The van der Waals surface area contributed by atoms with Crippen LogP contribution in [0, 0.1) is 5.82 Å². The molecule has 2 N–H and O–H groups in total. The number of nitrogens with zero attached hydrogens (tertiary/aromatic N) is 2. The number of aromatic nitrogens is 1. The van der Waals surface area contributed by atoms with Crippen LogP contribution in [0.1, 0.15) is 28.9 Å². The molecule has 3 rings (SSSR count). The van der Waals surface area contributed by atoms with Gasteiger partial charge in [0.15, 0.2) is 10.0 Å². The van der Waals surface area contributed by atoms with E-state index < -0.39 is 5.97 Å². The molecule has 0 aliphatic carbocycles. The number of hydrogen-bond acceptors (Lipinski definition) is 6. The number of hydrogen-bond donors (Lipinski definition) is 2. The molecular weight excluding hydrogens is 401 g/mol. The fraction of sp³-hybridized carbons (Fsp3) is 0.421. The zero-order valence-electron chi connectivity index (χ0n) is 15.3. The first-order chi connectivity index (χ1) is 13.5. The van der Waals surface area contributed by atoms with Crippen molar-refractivity contribution in [2.45, 2.75) is 29.6 Å². The third kappa shape index (κ3) is 5.52. The van der Waals surface area contributed by atoms with Gasteiger partial charge in [0.25, 0.3) is 0 Å². The Morgan fingerprint density at radius 2 is 2.25 bits per heavy atom. The number of rotatable bonds is 10. The Morgan fingerprint density at radius 1 is 1.43 bits per heavy atom.